The summed E-state index contributed by atoms with van der Waals surface area (Å²) in [5.74, 6) is 0. The van der Waals surface area contributed by atoms with Crippen molar-refractivity contribution in [2.24, 2.45) is 0 Å². The zero-order valence-electron chi connectivity index (χ0n) is 16.0. The Labute approximate surface area is 165 Å². The fourth-order valence-corrected chi connectivity index (χ4v) is 3.12. The molecular formula is C22H25NO3S. The van der Waals surface area contributed by atoms with Gasteiger partial charge in [-0.2, -0.15) is 0 Å². The zero-order chi connectivity index (χ0) is 19.9. The largest absolute Gasteiger partial charge is 0.443 e. The van der Waals surface area contributed by atoms with E-state index in [1.165, 1.54) is 16.3 Å². The van der Waals surface area contributed by atoms with Crippen molar-refractivity contribution in [2.45, 2.75) is 44.3 Å². The van der Waals surface area contributed by atoms with E-state index in [1.54, 1.807) is 13.0 Å². The number of carbonyl (C=O) groups excluding carboxylic acids is 1. The number of aliphatic hydroxyl groups excluding tert-OH is 1. The lowest BCUT2D eigenvalue weighted by atomic mass is 10.1. The second-order valence-electron chi connectivity index (χ2n) is 6.81. The number of hydrogen-bond acceptors (Lipinski definition) is 4. The highest BCUT2D eigenvalue weighted by Gasteiger charge is 2.30. The Balaban J connectivity index is 2.44. The molecule has 0 bridgehead atoms. The minimum atomic E-state index is -1.02. The first-order valence-electron chi connectivity index (χ1n) is 8.72. The maximum Gasteiger partial charge on any atom is 0.425 e. The monoisotopic (exact) mass is 383 g/mol. The first-order valence-corrected chi connectivity index (χ1v) is 9.49. The first kappa shape index (κ1) is 20.8. The van der Waals surface area contributed by atoms with Crippen LogP contribution in [0.1, 0.15) is 39.4 Å². The van der Waals surface area contributed by atoms with E-state index in [1.807, 2.05) is 81.4 Å². The fourth-order valence-electron chi connectivity index (χ4n) is 2.26. The highest BCUT2D eigenvalue weighted by Crippen LogP contribution is 2.34. The highest BCUT2D eigenvalue weighted by atomic mass is 32.2. The van der Waals surface area contributed by atoms with Crippen LogP contribution in [0.25, 0.3) is 0 Å². The summed E-state index contributed by atoms with van der Waals surface area (Å²) in [5, 5.41) is 10.9. The minimum Gasteiger partial charge on any atom is -0.443 e. The first-order chi connectivity index (χ1) is 12.8. The summed E-state index contributed by atoms with van der Waals surface area (Å²) in [6.45, 7) is 7.22. The molecule has 2 aromatic rings. The second-order valence-corrected chi connectivity index (χ2v) is 7.83. The van der Waals surface area contributed by atoms with Crippen LogP contribution in [0.3, 0.4) is 0 Å². The number of hydrogen-bond donors (Lipinski definition) is 1. The van der Waals surface area contributed by atoms with Crippen LogP contribution in [0.5, 0.6) is 0 Å². The van der Waals surface area contributed by atoms with Crippen molar-refractivity contribution in [1.82, 2.24) is 4.31 Å². The molecule has 4 nitrogen and oxygen atoms in total. The summed E-state index contributed by atoms with van der Waals surface area (Å²) in [6, 6.07) is 18.6. The maximum absolute atomic E-state index is 12.9. The van der Waals surface area contributed by atoms with Crippen LogP contribution in [-0.2, 0) is 4.74 Å². The quantitative estimate of drug-likeness (QED) is 0.530. The Morgan fingerprint density at radius 1 is 1.11 bits per heavy atom. The van der Waals surface area contributed by atoms with E-state index in [0.717, 1.165) is 4.90 Å². The maximum atomic E-state index is 12.9. The molecule has 5 heteroatoms. The number of benzene rings is 2. The molecule has 1 atom stereocenters. The molecule has 1 unspecified atom stereocenters. The molecule has 0 radical (unpaired) electrons. The molecule has 142 valence electrons. The molecule has 1 amide bonds. The van der Waals surface area contributed by atoms with Crippen molar-refractivity contribution in [3.63, 3.8) is 0 Å². The lowest BCUT2D eigenvalue weighted by molar-refractivity contribution is 0.0406. The number of ether oxygens (including phenoxy) is 1. The predicted molar refractivity (Wildman–Crippen MR) is 109 cm³/mol. The summed E-state index contributed by atoms with van der Waals surface area (Å²) in [6.07, 6.45) is 0.0894. The van der Waals surface area contributed by atoms with Crippen LogP contribution in [0.4, 0.5) is 4.79 Å². The van der Waals surface area contributed by atoms with Gasteiger partial charge in [-0.15, -0.1) is 0 Å². The molecule has 1 N–H and O–H groups in total. The van der Waals surface area contributed by atoms with Gasteiger partial charge in [-0.25, -0.2) is 9.10 Å². The lowest BCUT2D eigenvalue weighted by Crippen LogP contribution is -2.33. The van der Waals surface area contributed by atoms with Crippen molar-refractivity contribution in [2.75, 3.05) is 0 Å². The van der Waals surface area contributed by atoms with Crippen LogP contribution in [0, 0.1) is 0 Å². The molecule has 0 aliphatic heterocycles. The van der Waals surface area contributed by atoms with Crippen LogP contribution in [-0.4, -0.2) is 21.1 Å². The Hall–Kier alpha value is -2.46. The third-order valence-electron chi connectivity index (χ3n) is 3.38. The molecular weight excluding hydrogens is 358 g/mol. The van der Waals surface area contributed by atoms with Crippen molar-refractivity contribution < 1.29 is 14.6 Å². The van der Waals surface area contributed by atoms with E-state index in [0.29, 0.717) is 11.3 Å². The van der Waals surface area contributed by atoms with Gasteiger partial charge in [0, 0.05) is 4.90 Å². The number of carbonyl (C=O) groups is 1. The topological polar surface area (TPSA) is 49.8 Å². The van der Waals surface area contributed by atoms with Crippen LogP contribution in [0.2, 0.25) is 0 Å². The zero-order valence-corrected chi connectivity index (χ0v) is 16.9. The van der Waals surface area contributed by atoms with E-state index < -0.39 is 17.8 Å². The SMILES string of the molecule is CC=C=C(C(O)c1ccccc1)N(Sc1ccccc1)C(=O)OC(C)(C)C. The van der Waals surface area contributed by atoms with E-state index in [-0.39, 0.29) is 0 Å². The molecule has 27 heavy (non-hydrogen) atoms. The summed E-state index contributed by atoms with van der Waals surface area (Å²) >= 11 is 1.19. The van der Waals surface area contributed by atoms with Crippen molar-refractivity contribution in [3.8, 4) is 0 Å². The molecule has 0 aromatic heterocycles. The normalized spacial score (nSPS) is 11.9. The van der Waals surface area contributed by atoms with Crippen LogP contribution in [0.15, 0.2) is 83.1 Å². The molecule has 0 aliphatic rings. The van der Waals surface area contributed by atoms with Crippen LogP contribution >= 0.6 is 11.9 Å². The third-order valence-corrected chi connectivity index (χ3v) is 4.40. The lowest BCUT2D eigenvalue weighted by Gasteiger charge is -2.29. The summed E-state index contributed by atoms with van der Waals surface area (Å²) in [5.41, 5.74) is 3.33. The second kappa shape index (κ2) is 9.47. The van der Waals surface area contributed by atoms with Gasteiger partial charge in [0.25, 0.3) is 0 Å². The van der Waals surface area contributed by atoms with Gasteiger partial charge in [-0.05, 0) is 63.4 Å². The average molecular weight is 384 g/mol. The van der Waals surface area contributed by atoms with Gasteiger partial charge < -0.3 is 9.84 Å². The van der Waals surface area contributed by atoms with Gasteiger partial charge in [0.1, 0.15) is 17.4 Å². The Morgan fingerprint density at radius 3 is 2.19 bits per heavy atom. The Morgan fingerprint density at radius 2 is 1.67 bits per heavy atom. The molecule has 2 aromatic carbocycles. The summed E-state index contributed by atoms with van der Waals surface area (Å²) in [4.78, 5) is 13.8. The van der Waals surface area contributed by atoms with E-state index in [9.17, 15) is 9.90 Å². The molecule has 0 saturated heterocycles. The van der Waals surface area contributed by atoms with Gasteiger partial charge in [-0.1, -0.05) is 54.3 Å². The van der Waals surface area contributed by atoms with E-state index in [2.05, 4.69) is 5.73 Å². The number of amides is 1. The number of nitrogens with zero attached hydrogens (tertiary/aromatic N) is 1. The minimum absolute atomic E-state index is 0.312. The molecule has 0 saturated carbocycles. The third kappa shape index (κ3) is 6.33. The standard InChI is InChI=1S/C22H25NO3S/c1-5-12-19(20(24)17-13-8-6-9-14-17)23(21(25)26-22(2,3)4)27-18-15-10-7-11-16-18/h5-11,13-16,20,24H,1-4H3. The van der Waals surface area contributed by atoms with E-state index in [4.69, 9.17) is 4.74 Å². The summed E-state index contributed by atoms with van der Waals surface area (Å²) < 4.78 is 6.93. The average Bonchev–Trinajstić information content (AvgIpc) is 2.64. The Bertz CT molecular complexity index is 806. The van der Waals surface area contributed by atoms with Crippen LogP contribution < -0.4 is 0 Å². The predicted octanol–water partition coefficient (Wildman–Crippen LogP) is 5.72. The van der Waals surface area contributed by atoms with Gasteiger partial charge in [0.15, 0.2) is 0 Å². The van der Waals surface area contributed by atoms with Gasteiger partial charge >= 0.3 is 6.09 Å². The van der Waals surface area contributed by atoms with Crippen molar-refractivity contribution in [3.05, 3.63) is 83.7 Å². The molecule has 2 rings (SSSR count). The molecule has 0 spiro atoms. The van der Waals surface area contributed by atoms with Crippen molar-refractivity contribution >= 4 is 18.0 Å². The Kier molecular flexibility index (Phi) is 7.31. The molecule has 0 fully saturated rings. The van der Waals surface area contributed by atoms with Gasteiger partial charge in [-0.3, -0.25) is 0 Å². The number of rotatable bonds is 5. The molecule has 0 aliphatic carbocycles. The fraction of sp³-hybridized carbons (Fsp3) is 0.273. The van der Waals surface area contributed by atoms with Gasteiger partial charge in [0.05, 0.1) is 0 Å². The van der Waals surface area contributed by atoms with E-state index >= 15 is 0 Å². The smallest absolute Gasteiger partial charge is 0.425 e. The highest BCUT2D eigenvalue weighted by molar-refractivity contribution is 7.97. The summed E-state index contributed by atoms with van der Waals surface area (Å²) in [7, 11) is 0. The van der Waals surface area contributed by atoms with Gasteiger partial charge in [0.2, 0.25) is 0 Å². The van der Waals surface area contributed by atoms with Crippen molar-refractivity contribution in [1.29, 1.82) is 0 Å². The molecule has 0 heterocycles. The number of aliphatic hydroxyl groups is 1.